The summed E-state index contributed by atoms with van der Waals surface area (Å²) in [6.07, 6.45) is 0. The number of rotatable bonds is 5. The van der Waals surface area contributed by atoms with Crippen molar-refractivity contribution in [3.8, 4) is 0 Å². The molecule has 1 heterocycles. The third-order valence-electron chi connectivity index (χ3n) is 3.55. The fourth-order valence-corrected chi connectivity index (χ4v) is 4.04. The van der Waals surface area contributed by atoms with E-state index in [0.29, 0.717) is 32.0 Å². The van der Waals surface area contributed by atoms with Gasteiger partial charge in [-0.15, -0.1) is 0 Å². The molecule has 0 saturated carbocycles. The summed E-state index contributed by atoms with van der Waals surface area (Å²) < 4.78 is 33.8. The van der Waals surface area contributed by atoms with E-state index in [1.807, 2.05) is 32.0 Å². The van der Waals surface area contributed by atoms with Gasteiger partial charge in [-0.1, -0.05) is 18.2 Å². The van der Waals surface area contributed by atoms with Gasteiger partial charge in [0.05, 0.1) is 13.2 Å². The van der Waals surface area contributed by atoms with E-state index in [9.17, 15) is 8.42 Å². The van der Waals surface area contributed by atoms with Crippen LogP contribution in [0.3, 0.4) is 0 Å². The average molecular weight is 313 g/mol. The van der Waals surface area contributed by atoms with Crippen LogP contribution in [0.1, 0.15) is 19.4 Å². The molecule has 1 aliphatic heterocycles. The van der Waals surface area contributed by atoms with Crippen molar-refractivity contribution in [2.24, 2.45) is 0 Å². The molecule has 1 aromatic rings. The Morgan fingerprint density at radius 3 is 2.48 bits per heavy atom. The molecule has 0 aliphatic carbocycles. The van der Waals surface area contributed by atoms with Gasteiger partial charge in [0, 0.05) is 31.4 Å². The number of nitrogen functional groups attached to an aromatic ring is 1. The zero-order valence-corrected chi connectivity index (χ0v) is 13.3. The number of benzene rings is 1. The Morgan fingerprint density at radius 1 is 1.29 bits per heavy atom. The molecule has 0 atom stereocenters. The maximum atomic E-state index is 12.8. The Balaban J connectivity index is 2.24. The Bertz CT molecular complexity index is 569. The van der Waals surface area contributed by atoms with Crippen LogP contribution in [0, 0.1) is 0 Å². The first-order valence-electron chi connectivity index (χ1n) is 7.11. The molecule has 1 aliphatic rings. The minimum absolute atomic E-state index is 0.141. The summed E-state index contributed by atoms with van der Waals surface area (Å²) in [5.74, 6) is 0. The van der Waals surface area contributed by atoms with E-state index in [1.165, 1.54) is 8.61 Å². The molecule has 0 aromatic heterocycles. The minimum Gasteiger partial charge on any atom is -0.398 e. The number of para-hydroxylation sites is 1. The quantitative estimate of drug-likeness (QED) is 0.825. The molecule has 118 valence electrons. The lowest BCUT2D eigenvalue weighted by Gasteiger charge is -2.34. The number of ether oxygens (including phenoxy) is 1. The van der Waals surface area contributed by atoms with E-state index in [1.54, 1.807) is 6.07 Å². The fourth-order valence-electron chi connectivity index (χ4n) is 2.30. The van der Waals surface area contributed by atoms with Gasteiger partial charge in [0.25, 0.3) is 10.2 Å². The predicted molar refractivity (Wildman–Crippen MR) is 82.8 cm³/mol. The maximum absolute atomic E-state index is 12.8. The molecule has 0 radical (unpaired) electrons. The Morgan fingerprint density at radius 2 is 1.90 bits per heavy atom. The van der Waals surface area contributed by atoms with E-state index >= 15 is 0 Å². The van der Waals surface area contributed by atoms with Crippen molar-refractivity contribution >= 4 is 15.9 Å². The molecule has 0 spiro atoms. The second-order valence-electron chi connectivity index (χ2n) is 5.36. The van der Waals surface area contributed by atoms with E-state index in [2.05, 4.69) is 0 Å². The number of nitrogens with two attached hydrogens (primary N) is 1. The van der Waals surface area contributed by atoms with Gasteiger partial charge in [-0.05, 0) is 25.5 Å². The van der Waals surface area contributed by atoms with Gasteiger partial charge in [0.15, 0.2) is 0 Å². The topological polar surface area (TPSA) is 75.9 Å². The minimum atomic E-state index is -3.51. The van der Waals surface area contributed by atoms with Crippen molar-refractivity contribution in [3.63, 3.8) is 0 Å². The summed E-state index contributed by atoms with van der Waals surface area (Å²) in [5.41, 5.74) is 7.37. The molecule has 1 fully saturated rings. The Hall–Kier alpha value is -1.15. The monoisotopic (exact) mass is 313 g/mol. The highest BCUT2D eigenvalue weighted by molar-refractivity contribution is 7.86. The van der Waals surface area contributed by atoms with Gasteiger partial charge in [-0.25, -0.2) is 0 Å². The van der Waals surface area contributed by atoms with E-state index in [0.717, 1.165) is 5.56 Å². The third kappa shape index (κ3) is 3.74. The van der Waals surface area contributed by atoms with Gasteiger partial charge < -0.3 is 10.5 Å². The van der Waals surface area contributed by atoms with Crippen LogP contribution in [-0.4, -0.2) is 49.4 Å². The second kappa shape index (κ2) is 6.74. The van der Waals surface area contributed by atoms with Crippen LogP contribution >= 0.6 is 0 Å². The molecule has 2 rings (SSSR count). The Labute approximate surface area is 126 Å². The molecule has 2 N–H and O–H groups in total. The molecule has 0 amide bonds. The molecular weight excluding hydrogens is 290 g/mol. The highest BCUT2D eigenvalue weighted by Gasteiger charge is 2.32. The Kier molecular flexibility index (Phi) is 5.21. The first kappa shape index (κ1) is 16.2. The van der Waals surface area contributed by atoms with E-state index < -0.39 is 10.2 Å². The number of nitrogens with zero attached hydrogens (tertiary/aromatic N) is 2. The van der Waals surface area contributed by atoms with E-state index in [-0.39, 0.29) is 12.6 Å². The fraction of sp³-hybridized carbons (Fsp3) is 0.571. The summed E-state index contributed by atoms with van der Waals surface area (Å²) in [6.45, 7) is 5.71. The molecule has 1 saturated heterocycles. The lowest BCUT2D eigenvalue weighted by molar-refractivity contribution is 0.0693. The highest BCUT2D eigenvalue weighted by Crippen LogP contribution is 2.20. The summed E-state index contributed by atoms with van der Waals surface area (Å²) >= 11 is 0. The van der Waals surface area contributed by atoms with Gasteiger partial charge in [-0.2, -0.15) is 17.0 Å². The van der Waals surface area contributed by atoms with Crippen LogP contribution in [0.15, 0.2) is 24.3 Å². The standard InChI is InChI=1S/C14H23N3O3S/c1-12(2)17(11-13-5-3-4-6-14(13)15)21(18,19)16-7-9-20-10-8-16/h3-6,12H,7-11,15H2,1-2H3. The highest BCUT2D eigenvalue weighted by atomic mass is 32.2. The molecule has 21 heavy (non-hydrogen) atoms. The molecule has 0 unspecified atom stereocenters. The van der Waals surface area contributed by atoms with Crippen molar-refractivity contribution in [2.75, 3.05) is 32.0 Å². The molecule has 7 heteroatoms. The van der Waals surface area contributed by atoms with Crippen LogP contribution in [0.25, 0.3) is 0 Å². The zero-order valence-electron chi connectivity index (χ0n) is 12.5. The summed E-state index contributed by atoms with van der Waals surface area (Å²) in [7, 11) is -3.51. The first-order valence-corrected chi connectivity index (χ1v) is 8.50. The smallest absolute Gasteiger partial charge is 0.282 e. The number of morpholine rings is 1. The van der Waals surface area contributed by atoms with Crippen molar-refractivity contribution in [1.29, 1.82) is 0 Å². The number of anilines is 1. The lowest BCUT2D eigenvalue weighted by atomic mass is 10.2. The molecule has 1 aromatic carbocycles. The second-order valence-corrected chi connectivity index (χ2v) is 7.24. The largest absolute Gasteiger partial charge is 0.398 e. The van der Waals surface area contributed by atoms with Gasteiger partial charge in [0.1, 0.15) is 0 Å². The maximum Gasteiger partial charge on any atom is 0.282 e. The zero-order chi connectivity index (χ0) is 15.5. The number of hydrogen-bond donors (Lipinski definition) is 1. The average Bonchev–Trinajstić information content (AvgIpc) is 2.46. The van der Waals surface area contributed by atoms with Gasteiger partial charge in [0.2, 0.25) is 0 Å². The predicted octanol–water partition coefficient (Wildman–Crippen LogP) is 1.06. The lowest BCUT2D eigenvalue weighted by Crippen LogP contribution is -2.50. The summed E-state index contributed by atoms with van der Waals surface area (Å²) in [6, 6.07) is 7.22. The van der Waals surface area contributed by atoms with Crippen LogP contribution in [0.2, 0.25) is 0 Å². The molecule has 0 bridgehead atoms. The van der Waals surface area contributed by atoms with Gasteiger partial charge in [-0.3, -0.25) is 0 Å². The van der Waals surface area contributed by atoms with Crippen LogP contribution in [-0.2, 0) is 21.5 Å². The van der Waals surface area contributed by atoms with Gasteiger partial charge >= 0.3 is 0 Å². The summed E-state index contributed by atoms with van der Waals surface area (Å²) in [5, 5.41) is 0. The van der Waals surface area contributed by atoms with Crippen LogP contribution < -0.4 is 5.73 Å². The van der Waals surface area contributed by atoms with E-state index in [4.69, 9.17) is 10.5 Å². The molecule has 6 nitrogen and oxygen atoms in total. The number of hydrogen-bond acceptors (Lipinski definition) is 4. The van der Waals surface area contributed by atoms with Crippen LogP contribution in [0.5, 0.6) is 0 Å². The van der Waals surface area contributed by atoms with Crippen molar-refractivity contribution in [1.82, 2.24) is 8.61 Å². The van der Waals surface area contributed by atoms with Crippen molar-refractivity contribution in [3.05, 3.63) is 29.8 Å². The normalized spacial score (nSPS) is 17.5. The SMILES string of the molecule is CC(C)N(Cc1ccccc1N)S(=O)(=O)N1CCOCC1. The first-order chi connectivity index (χ1) is 9.93. The third-order valence-corrected chi connectivity index (χ3v) is 5.71. The molecular formula is C14H23N3O3S. The van der Waals surface area contributed by atoms with Crippen molar-refractivity contribution < 1.29 is 13.2 Å². The van der Waals surface area contributed by atoms with Crippen molar-refractivity contribution in [2.45, 2.75) is 26.4 Å². The van der Waals surface area contributed by atoms with Crippen LogP contribution in [0.4, 0.5) is 5.69 Å². The summed E-state index contributed by atoms with van der Waals surface area (Å²) in [4.78, 5) is 0.